The molecule has 0 bridgehead atoms. The standard InChI is InChI=1S/C30H26O/c1-29(2)22-12-6-5-10-21(22)28-20(11-9-14-25(28)29)19-16-17-24-27(18-19)31-26-15-8-7-13-23(26)30(24,3)4/h5-18H,1-4H3. The zero-order valence-electron chi connectivity index (χ0n) is 18.5. The van der Waals surface area contributed by atoms with E-state index in [2.05, 4.69) is 107 Å². The number of fused-ring (bicyclic) bond motifs is 5. The smallest absolute Gasteiger partial charge is 0.132 e. The molecule has 0 radical (unpaired) electrons. The van der Waals surface area contributed by atoms with E-state index in [0.29, 0.717) is 0 Å². The van der Waals surface area contributed by atoms with Crippen LogP contribution in [0.5, 0.6) is 11.5 Å². The molecule has 0 spiro atoms. The van der Waals surface area contributed by atoms with Gasteiger partial charge in [-0.15, -0.1) is 0 Å². The quantitative estimate of drug-likeness (QED) is 0.312. The summed E-state index contributed by atoms with van der Waals surface area (Å²) in [4.78, 5) is 0. The molecule has 0 unspecified atom stereocenters. The fourth-order valence-electron chi connectivity index (χ4n) is 5.62. The van der Waals surface area contributed by atoms with E-state index in [-0.39, 0.29) is 10.8 Å². The van der Waals surface area contributed by atoms with Crippen LogP contribution in [0.2, 0.25) is 0 Å². The Kier molecular flexibility index (Phi) is 3.63. The van der Waals surface area contributed by atoms with Crippen LogP contribution in [0.15, 0.2) is 84.9 Å². The third-order valence-electron chi connectivity index (χ3n) is 7.35. The van der Waals surface area contributed by atoms with Gasteiger partial charge in [-0.1, -0.05) is 100 Å². The summed E-state index contributed by atoms with van der Waals surface area (Å²) in [6.07, 6.45) is 0. The second-order valence-electron chi connectivity index (χ2n) is 9.83. The number of benzene rings is 4. The van der Waals surface area contributed by atoms with E-state index in [1.54, 1.807) is 0 Å². The van der Waals surface area contributed by atoms with Gasteiger partial charge in [0.1, 0.15) is 11.5 Å². The molecule has 4 aromatic carbocycles. The molecule has 4 aromatic rings. The summed E-state index contributed by atoms with van der Waals surface area (Å²) >= 11 is 0. The van der Waals surface area contributed by atoms with E-state index < -0.39 is 0 Å². The molecule has 152 valence electrons. The molecular formula is C30H26O. The molecular weight excluding hydrogens is 376 g/mol. The molecule has 0 amide bonds. The molecule has 1 aliphatic heterocycles. The highest BCUT2D eigenvalue weighted by molar-refractivity contribution is 5.92. The van der Waals surface area contributed by atoms with Crippen LogP contribution in [-0.2, 0) is 10.8 Å². The van der Waals surface area contributed by atoms with Gasteiger partial charge in [-0.05, 0) is 45.5 Å². The molecule has 1 heterocycles. The maximum absolute atomic E-state index is 6.40. The third-order valence-corrected chi connectivity index (χ3v) is 7.35. The molecule has 0 saturated heterocycles. The normalized spacial score (nSPS) is 16.5. The maximum Gasteiger partial charge on any atom is 0.132 e. The van der Waals surface area contributed by atoms with Crippen molar-refractivity contribution in [2.24, 2.45) is 0 Å². The minimum absolute atomic E-state index is 0.00752. The van der Waals surface area contributed by atoms with Crippen LogP contribution in [0.4, 0.5) is 0 Å². The van der Waals surface area contributed by atoms with Gasteiger partial charge < -0.3 is 4.74 Å². The number of para-hydroxylation sites is 1. The number of hydrogen-bond acceptors (Lipinski definition) is 1. The monoisotopic (exact) mass is 402 g/mol. The highest BCUT2D eigenvalue weighted by Gasteiger charge is 2.37. The highest BCUT2D eigenvalue weighted by Crippen LogP contribution is 2.53. The number of hydrogen-bond donors (Lipinski definition) is 0. The van der Waals surface area contributed by atoms with E-state index in [4.69, 9.17) is 4.74 Å². The molecule has 1 heteroatoms. The average molecular weight is 403 g/mol. The van der Waals surface area contributed by atoms with Gasteiger partial charge in [0.25, 0.3) is 0 Å². The Bertz CT molecular complexity index is 1360. The Morgan fingerprint density at radius 1 is 0.516 bits per heavy atom. The largest absolute Gasteiger partial charge is 0.457 e. The Morgan fingerprint density at radius 2 is 1.13 bits per heavy atom. The predicted octanol–water partition coefficient (Wildman–Crippen LogP) is 8.09. The van der Waals surface area contributed by atoms with Gasteiger partial charge >= 0.3 is 0 Å². The summed E-state index contributed by atoms with van der Waals surface area (Å²) in [5.74, 6) is 1.92. The van der Waals surface area contributed by atoms with E-state index in [0.717, 1.165) is 11.5 Å². The second kappa shape index (κ2) is 6.11. The zero-order chi connectivity index (χ0) is 21.4. The van der Waals surface area contributed by atoms with Gasteiger partial charge in [-0.25, -0.2) is 0 Å². The van der Waals surface area contributed by atoms with Crippen molar-refractivity contribution in [1.82, 2.24) is 0 Å². The van der Waals surface area contributed by atoms with Crippen LogP contribution < -0.4 is 4.74 Å². The maximum atomic E-state index is 6.40. The Morgan fingerprint density at radius 3 is 1.97 bits per heavy atom. The third kappa shape index (κ3) is 2.44. The molecule has 31 heavy (non-hydrogen) atoms. The highest BCUT2D eigenvalue weighted by atomic mass is 16.5. The van der Waals surface area contributed by atoms with Crippen molar-refractivity contribution < 1.29 is 4.74 Å². The Balaban J connectivity index is 1.56. The van der Waals surface area contributed by atoms with E-state index >= 15 is 0 Å². The van der Waals surface area contributed by atoms with E-state index in [9.17, 15) is 0 Å². The topological polar surface area (TPSA) is 9.23 Å². The first-order chi connectivity index (χ1) is 14.9. The lowest BCUT2D eigenvalue weighted by molar-refractivity contribution is 0.418. The van der Waals surface area contributed by atoms with Gasteiger partial charge in [0.05, 0.1) is 0 Å². The van der Waals surface area contributed by atoms with Crippen molar-refractivity contribution in [1.29, 1.82) is 0 Å². The molecule has 0 N–H and O–H groups in total. The van der Waals surface area contributed by atoms with Crippen LogP contribution in [0.3, 0.4) is 0 Å². The Labute approximate surface area is 184 Å². The minimum Gasteiger partial charge on any atom is -0.457 e. The molecule has 0 saturated carbocycles. The first kappa shape index (κ1) is 18.4. The summed E-state index contributed by atoms with van der Waals surface area (Å²) in [6.45, 7) is 9.23. The van der Waals surface area contributed by atoms with Gasteiger partial charge in [0, 0.05) is 22.0 Å². The minimum atomic E-state index is -0.0874. The average Bonchev–Trinajstić information content (AvgIpc) is 3.01. The number of rotatable bonds is 1. The fraction of sp³-hybridized carbons (Fsp3) is 0.200. The van der Waals surface area contributed by atoms with Crippen LogP contribution in [0.1, 0.15) is 49.9 Å². The van der Waals surface area contributed by atoms with Crippen molar-refractivity contribution in [2.45, 2.75) is 38.5 Å². The molecule has 0 aromatic heterocycles. The van der Waals surface area contributed by atoms with Crippen molar-refractivity contribution in [3.63, 3.8) is 0 Å². The van der Waals surface area contributed by atoms with Crippen molar-refractivity contribution >= 4 is 0 Å². The molecule has 1 nitrogen and oxygen atoms in total. The van der Waals surface area contributed by atoms with Crippen LogP contribution >= 0.6 is 0 Å². The lowest BCUT2D eigenvalue weighted by Gasteiger charge is -2.34. The molecule has 2 aliphatic rings. The van der Waals surface area contributed by atoms with Crippen molar-refractivity contribution in [3.8, 4) is 33.8 Å². The summed E-state index contributed by atoms with van der Waals surface area (Å²) in [7, 11) is 0. The fourth-order valence-corrected chi connectivity index (χ4v) is 5.62. The molecule has 6 rings (SSSR count). The molecule has 1 aliphatic carbocycles. The van der Waals surface area contributed by atoms with Crippen LogP contribution in [0, 0.1) is 0 Å². The predicted molar refractivity (Wildman–Crippen MR) is 128 cm³/mol. The summed E-state index contributed by atoms with van der Waals surface area (Å²) < 4.78 is 6.40. The van der Waals surface area contributed by atoms with Gasteiger partial charge in [-0.3, -0.25) is 0 Å². The Hall–Kier alpha value is -3.32. The van der Waals surface area contributed by atoms with Crippen molar-refractivity contribution in [3.05, 3.63) is 107 Å². The second-order valence-corrected chi connectivity index (χ2v) is 9.83. The lowest BCUT2D eigenvalue weighted by atomic mass is 9.75. The lowest BCUT2D eigenvalue weighted by Crippen LogP contribution is -2.24. The van der Waals surface area contributed by atoms with Gasteiger partial charge in [-0.2, -0.15) is 0 Å². The number of ether oxygens (including phenoxy) is 1. The van der Waals surface area contributed by atoms with E-state index in [1.165, 1.54) is 44.5 Å². The summed E-state index contributed by atoms with van der Waals surface area (Å²) in [6, 6.07) is 30.7. The summed E-state index contributed by atoms with van der Waals surface area (Å²) in [5, 5.41) is 0. The zero-order valence-corrected chi connectivity index (χ0v) is 18.5. The summed E-state index contributed by atoms with van der Waals surface area (Å²) in [5.41, 5.74) is 10.4. The molecule has 0 fully saturated rings. The van der Waals surface area contributed by atoms with Crippen LogP contribution in [-0.4, -0.2) is 0 Å². The first-order valence-electron chi connectivity index (χ1n) is 11.0. The van der Waals surface area contributed by atoms with E-state index in [1.807, 2.05) is 6.07 Å². The first-order valence-corrected chi connectivity index (χ1v) is 11.0. The van der Waals surface area contributed by atoms with Crippen molar-refractivity contribution in [2.75, 3.05) is 0 Å². The van der Waals surface area contributed by atoms with Crippen LogP contribution in [0.25, 0.3) is 22.3 Å². The van der Waals surface area contributed by atoms with Gasteiger partial charge in [0.15, 0.2) is 0 Å². The molecule has 0 atom stereocenters. The van der Waals surface area contributed by atoms with Gasteiger partial charge in [0.2, 0.25) is 0 Å². The SMILES string of the molecule is CC1(C)c2ccccc2Oc2cc(-c3cccc4c3-c3ccccc3C4(C)C)ccc21.